The summed E-state index contributed by atoms with van der Waals surface area (Å²) in [6.45, 7) is -0.995. The van der Waals surface area contributed by atoms with E-state index in [4.69, 9.17) is 4.74 Å². The van der Waals surface area contributed by atoms with Crippen LogP contribution in [0.1, 0.15) is 30.0 Å². The lowest BCUT2D eigenvalue weighted by Crippen LogP contribution is -2.31. The van der Waals surface area contributed by atoms with Crippen LogP contribution in [-0.4, -0.2) is 26.4 Å². The topological polar surface area (TPSA) is 21.3 Å². The largest absolute Gasteiger partial charge is 0.411 e. The molecule has 1 aliphatic rings. The highest BCUT2D eigenvalue weighted by atomic mass is 19.4. The van der Waals surface area contributed by atoms with Gasteiger partial charge in [-0.2, -0.15) is 13.2 Å². The number of hydrogen-bond donors (Lipinski definition) is 1. The number of halogens is 3. The Hall–Kier alpha value is -1.07. The third kappa shape index (κ3) is 3.96. The Morgan fingerprint density at radius 1 is 1.30 bits per heavy atom. The van der Waals surface area contributed by atoms with E-state index in [-0.39, 0.29) is 12.6 Å². The summed E-state index contributed by atoms with van der Waals surface area (Å²) in [5.41, 5.74) is 2.60. The summed E-state index contributed by atoms with van der Waals surface area (Å²) in [6, 6.07) is 8.45. The molecule has 0 aliphatic heterocycles. The van der Waals surface area contributed by atoms with E-state index >= 15 is 0 Å². The van der Waals surface area contributed by atoms with E-state index in [1.165, 1.54) is 11.1 Å². The quantitative estimate of drug-likeness (QED) is 0.837. The Kier molecular flexibility index (Phi) is 5.05. The molecule has 1 N–H and O–H groups in total. The number of rotatable bonds is 5. The zero-order valence-electron chi connectivity index (χ0n) is 11.5. The molecule has 2 rings (SSSR count). The van der Waals surface area contributed by atoms with Crippen LogP contribution in [0.25, 0.3) is 0 Å². The number of fused-ring (bicyclic) bond motifs is 1. The van der Waals surface area contributed by atoms with Crippen molar-refractivity contribution < 1.29 is 17.9 Å². The first-order valence-corrected chi connectivity index (χ1v) is 6.91. The van der Waals surface area contributed by atoms with Crippen LogP contribution in [-0.2, 0) is 11.2 Å². The van der Waals surface area contributed by atoms with E-state index < -0.39 is 12.8 Å². The van der Waals surface area contributed by atoms with Gasteiger partial charge in [0.25, 0.3) is 0 Å². The Bertz CT molecular complexity index is 433. The number of aryl methyl sites for hydroxylation is 1. The van der Waals surface area contributed by atoms with Crippen LogP contribution < -0.4 is 5.32 Å². The fraction of sp³-hybridized carbons (Fsp3) is 0.600. The van der Waals surface area contributed by atoms with Crippen molar-refractivity contribution in [2.24, 2.45) is 5.92 Å². The smallest absolute Gasteiger partial charge is 0.372 e. The first kappa shape index (κ1) is 15.3. The first-order chi connectivity index (χ1) is 9.51. The maximum Gasteiger partial charge on any atom is 0.411 e. The molecule has 0 bridgehead atoms. The second-order valence-electron chi connectivity index (χ2n) is 5.22. The van der Waals surface area contributed by atoms with E-state index in [0.29, 0.717) is 12.3 Å². The van der Waals surface area contributed by atoms with Crippen molar-refractivity contribution in [3.8, 4) is 0 Å². The fourth-order valence-corrected chi connectivity index (χ4v) is 2.95. The molecule has 0 amide bonds. The number of nitrogens with one attached hydrogen (secondary N) is 1. The molecular formula is C15H20F3NO. The van der Waals surface area contributed by atoms with Crippen molar-refractivity contribution in [1.29, 1.82) is 0 Å². The Balaban J connectivity index is 1.90. The summed E-state index contributed by atoms with van der Waals surface area (Å²) >= 11 is 0. The molecule has 5 heteroatoms. The highest BCUT2D eigenvalue weighted by Gasteiger charge is 2.30. The Morgan fingerprint density at radius 3 is 2.75 bits per heavy atom. The molecule has 0 saturated carbocycles. The number of ether oxygens (including phenoxy) is 1. The number of benzene rings is 1. The fourth-order valence-electron chi connectivity index (χ4n) is 2.95. The van der Waals surface area contributed by atoms with Crippen molar-refractivity contribution in [3.63, 3.8) is 0 Å². The van der Waals surface area contributed by atoms with Crippen molar-refractivity contribution in [3.05, 3.63) is 35.4 Å². The number of alkyl halides is 3. The van der Waals surface area contributed by atoms with E-state index in [9.17, 15) is 13.2 Å². The lowest BCUT2D eigenvalue weighted by molar-refractivity contribution is -0.174. The molecule has 0 fully saturated rings. The van der Waals surface area contributed by atoms with Gasteiger partial charge in [0.1, 0.15) is 6.61 Å². The average molecular weight is 287 g/mol. The minimum Gasteiger partial charge on any atom is -0.372 e. The summed E-state index contributed by atoms with van der Waals surface area (Å²) in [4.78, 5) is 0. The van der Waals surface area contributed by atoms with Crippen LogP contribution in [0.2, 0.25) is 0 Å². The van der Waals surface area contributed by atoms with E-state index in [1.54, 1.807) is 0 Å². The average Bonchev–Trinajstić information content (AvgIpc) is 2.42. The van der Waals surface area contributed by atoms with Gasteiger partial charge < -0.3 is 10.1 Å². The van der Waals surface area contributed by atoms with Crippen LogP contribution in [0.5, 0.6) is 0 Å². The zero-order valence-corrected chi connectivity index (χ0v) is 11.5. The predicted octanol–water partition coefficient (Wildman–Crippen LogP) is 3.48. The molecule has 2 atom stereocenters. The van der Waals surface area contributed by atoms with Crippen LogP contribution in [0.4, 0.5) is 13.2 Å². The van der Waals surface area contributed by atoms with E-state index in [1.807, 2.05) is 19.2 Å². The van der Waals surface area contributed by atoms with Gasteiger partial charge in [0, 0.05) is 12.6 Å². The van der Waals surface area contributed by atoms with Gasteiger partial charge >= 0.3 is 6.18 Å². The summed E-state index contributed by atoms with van der Waals surface area (Å²) in [5.74, 6) is 0.322. The highest BCUT2D eigenvalue weighted by Crippen LogP contribution is 2.36. The minimum absolute atomic E-state index is 0.157. The Morgan fingerprint density at radius 2 is 2.05 bits per heavy atom. The maximum absolute atomic E-state index is 12.0. The lowest BCUT2D eigenvalue weighted by Gasteiger charge is -2.33. The van der Waals surface area contributed by atoms with Gasteiger partial charge in [0.2, 0.25) is 0 Å². The molecule has 0 heterocycles. The lowest BCUT2D eigenvalue weighted by atomic mass is 9.78. The predicted molar refractivity (Wildman–Crippen MR) is 71.5 cm³/mol. The molecule has 20 heavy (non-hydrogen) atoms. The molecule has 2 unspecified atom stereocenters. The molecule has 1 aromatic rings. The molecule has 0 radical (unpaired) electrons. The second kappa shape index (κ2) is 6.59. The third-order valence-corrected chi connectivity index (χ3v) is 3.86. The van der Waals surface area contributed by atoms with Crippen LogP contribution in [0.3, 0.4) is 0 Å². The molecule has 1 aromatic carbocycles. The van der Waals surface area contributed by atoms with Gasteiger partial charge in [-0.25, -0.2) is 0 Å². The van der Waals surface area contributed by atoms with Crippen molar-refractivity contribution in [2.45, 2.75) is 31.5 Å². The third-order valence-electron chi connectivity index (χ3n) is 3.86. The van der Waals surface area contributed by atoms with Crippen molar-refractivity contribution in [1.82, 2.24) is 5.32 Å². The van der Waals surface area contributed by atoms with Gasteiger partial charge in [-0.05, 0) is 43.4 Å². The van der Waals surface area contributed by atoms with Gasteiger partial charge in [0.15, 0.2) is 0 Å². The molecule has 2 nitrogen and oxygen atoms in total. The van der Waals surface area contributed by atoms with Crippen LogP contribution in [0, 0.1) is 5.92 Å². The van der Waals surface area contributed by atoms with Crippen molar-refractivity contribution >= 4 is 0 Å². The monoisotopic (exact) mass is 287 g/mol. The van der Waals surface area contributed by atoms with Crippen molar-refractivity contribution in [2.75, 3.05) is 20.3 Å². The highest BCUT2D eigenvalue weighted by molar-refractivity contribution is 5.32. The van der Waals surface area contributed by atoms with Gasteiger partial charge in [-0.3, -0.25) is 0 Å². The molecule has 0 aromatic heterocycles. The first-order valence-electron chi connectivity index (χ1n) is 6.91. The van der Waals surface area contributed by atoms with E-state index in [0.717, 1.165) is 12.8 Å². The normalized spacial score (nSPS) is 22.6. The maximum atomic E-state index is 12.0. The molecule has 0 saturated heterocycles. The molecule has 0 spiro atoms. The number of hydrogen-bond acceptors (Lipinski definition) is 2. The summed E-state index contributed by atoms with van der Waals surface area (Å²) in [7, 11) is 1.90. The molecule has 1 aliphatic carbocycles. The zero-order chi connectivity index (χ0) is 14.6. The SMILES string of the molecule is CNC1c2ccccc2CCC1CCOCC(F)(F)F. The standard InChI is InChI=1S/C15H20F3NO/c1-19-14-12(8-9-20-10-15(16,17)18)7-6-11-4-2-3-5-13(11)14/h2-5,12,14,19H,6-10H2,1H3. The summed E-state index contributed by atoms with van der Waals surface area (Å²) in [5, 5.41) is 3.29. The van der Waals surface area contributed by atoms with Crippen LogP contribution >= 0.6 is 0 Å². The van der Waals surface area contributed by atoms with Gasteiger partial charge in [-0.15, -0.1) is 0 Å². The van der Waals surface area contributed by atoms with Crippen LogP contribution in [0.15, 0.2) is 24.3 Å². The minimum atomic E-state index is -4.23. The molecular weight excluding hydrogens is 267 g/mol. The summed E-state index contributed by atoms with van der Waals surface area (Å²) in [6.07, 6.45) is -1.62. The van der Waals surface area contributed by atoms with Gasteiger partial charge in [-0.1, -0.05) is 24.3 Å². The second-order valence-corrected chi connectivity index (χ2v) is 5.22. The van der Waals surface area contributed by atoms with Gasteiger partial charge in [0.05, 0.1) is 0 Å². The molecule has 112 valence electrons. The Labute approximate surface area is 117 Å². The van der Waals surface area contributed by atoms with E-state index in [2.05, 4.69) is 17.4 Å². The summed E-state index contributed by atoms with van der Waals surface area (Å²) < 4.78 is 40.8.